The zero-order valence-electron chi connectivity index (χ0n) is 15.3. The molecule has 3 heterocycles. The highest BCUT2D eigenvalue weighted by molar-refractivity contribution is 5.66. The molecule has 1 aromatic carbocycles. The number of pyridine rings is 1. The smallest absolute Gasteiger partial charge is 0.142 e. The predicted octanol–water partition coefficient (Wildman–Crippen LogP) is 3.16. The fourth-order valence-electron chi connectivity index (χ4n) is 3.72. The molecule has 6 nitrogen and oxygen atoms in total. The summed E-state index contributed by atoms with van der Waals surface area (Å²) in [5.74, 6) is 0.628. The van der Waals surface area contributed by atoms with E-state index in [4.69, 9.17) is 5.73 Å². The first-order valence-electron chi connectivity index (χ1n) is 9.19. The van der Waals surface area contributed by atoms with E-state index in [0.29, 0.717) is 17.3 Å². The molecule has 1 aliphatic rings. The Morgan fingerprint density at radius 2 is 2.04 bits per heavy atom. The summed E-state index contributed by atoms with van der Waals surface area (Å²) in [6, 6.07) is 12.4. The number of rotatable bonds is 3. The first-order valence-corrected chi connectivity index (χ1v) is 9.19. The molecule has 0 unspecified atom stereocenters. The fourth-order valence-corrected chi connectivity index (χ4v) is 3.72. The first-order chi connectivity index (χ1) is 13.2. The quantitative estimate of drug-likeness (QED) is 0.750. The summed E-state index contributed by atoms with van der Waals surface area (Å²) in [6.45, 7) is 3.97. The Morgan fingerprint density at radius 1 is 1.26 bits per heavy atom. The van der Waals surface area contributed by atoms with Gasteiger partial charge in [-0.15, -0.1) is 0 Å². The number of piperidine rings is 1. The number of aromatic nitrogens is 3. The van der Waals surface area contributed by atoms with Crippen LogP contribution < -0.4 is 11.1 Å². The summed E-state index contributed by atoms with van der Waals surface area (Å²) in [5.41, 5.74) is 11.5. The molecule has 1 aliphatic heterocycles. The van der Waals surface area contributed by atoms with Crippen LogP contribution in [-0.4, -0.2) is 27.9 Å². The van der Waals surface area contributed by atoms with Crippen molar-refractivity contribution >= 4 is 5.82 Å². The molecule has 0 bridgehead atoms. The van der Waals surface area contributed by atoms with Crippen molar-refractivity contribution < 1.29 is 0 Å². The second-order valence-corrected chi connectivity index (χ2v) is 6.95. The zero-order chi connectivity index (χ0) is 18.8. The third-order valence-corrected chi connectivity index (χ3v) is 5.21. The van der Waals surface area contributed by atoms with Gasteiger partial charge >= 0.3 is 0 Å². The van der Waals surface area contributed by atoms with Gasteiger partial charge in [0.15, 0.2) is 0 Å². The van der Waals surface area contributed by atoms with Crippen LogP contribution in [0.3, 0.4) is 0 Å². The highest BCUT2D eigenvalue weighted by Gasteiger charge is 2.22. The molecular formula is C21H22N6. The van der Waals surface area contributed by atoms with Crippen LogP contribution in [0.1, 0.15) is 35.4 Å². The molecule has 27 heavy (non-hydrogen) atoms. The predicted molar refractivity (Wildman–Crippen MR) is 106 cm³/mol. The number of benzene rings is 1. The Bertz CT molecular complexity index is 1010. The van der Waals surface area contributed by atoms with Crippen LogP contribution in [0.2, 0.25) is 0 Å². The fraction of sp³-hybridized carbons (Fsp3) is 0.286. The number of aryl methyl sites for hydroxylation is 1. The molecule has 0 saturated carbocycles. The lowest BCUT2D eigenvalue weighted by atomic mass is 9.87. The number of hydrogen-bond acceptors (Lipinski definition) is 5. The second kappa shape index (κ2) is 7.22. The van der Waals surface area contributed by atoms with E-state index in [2.05, 4.69) is 34.5 Å². The zero-order valence-corrected chi connectivity index (χ0v) is 15.3. The van der Waals surface area contributed by atoms with Gasteiger partial charge in [0.1, 0.15) is 11.9 Å². The van der Waals surface area contributed by atoms with E-state index in [0.717, 1.165) is 54.0 Å². The number of anilines is 1. The molecular weight excluding hydrogens is 336 g/mol. The van der Waals surface area contributed by atoms with E-state index in [9.17, 15) is 5.26 Å². The van der Waals surface area contributed by atoms with Crippen molar-refractivity contribution in [3.8, 4) is 23.0 Å². The average Bonchev–Trinajstić information content (AvgIpc) is 3.18. The second-order valence-electron chi connectivity index (χ2n) is 6.95. The Kier molecular flexibility index (Phi) is 4.61. The van der Waals surface area contributed by atoms with Crippen LogP contribution >= 0.6 is 0 Å². The van der Waals surface area contributed by atoms with Crippen molar-refractivity contribution in [2.45, 2.75) is 25.7 Å². The van der Waals surface area contributed by atoms with Gasteiger partial charge in [-0.05, 0) is 62.0 Å². The van der Waals surface area contributed by atoms with Gasteiger partial charge in [0.2, 0.25) is 0 Å². The lowest BCUT2D eigenvalue weighted by Gasteiger charge is -2.24. The van der Waals surface area contributed by atoms with Crippen LogP contribution in [0.25, 0.3) is 16.9 Å². The van der Waals surface area contributed by atoms with Gasteiger partial charge in [0.05, 0.1) is 23.1 Å². The normalized spacial score (nSPS) is 14.8. The number of nitrogens with zero attached hydrogens (tertiary/aromatic N) is 4. The molecule has 1 fully saturated rings. The van der Waals surface area contributed by atoms with E-state index in [1.807, 2.05) is 35.1 Å². The Morgan fingerprint density at radius 3 is 2.78 bits per heavy atom. The molecule has 2 aromatic heterocycles. The number of para-hydroxylation sites is 1. The number of nitrogen functional groups attached to an aromatic ring is 1. The molecule has 0 aliphatic carbocycles. The molecule has 6 heteroatoms. The summed E-state index contributed by atoms with van der Waals surface area (Å²) in [4.78, 5) is 4.49. The average molecular weight is 358 g/mol. The topological polar surface area (TPSA) is 92.5 Å². The van der Waals surface area contributed by atoms with Crippen LogP contribution in [0, 0.1) is 18.3 Å². The maximum Gasteiger partial charge on any atom is 0.142 e. The van der Waals surface area contributed by atoms with Crippen molar-refractivity contribution in [3.63, 3.8) is 0 Å². The summed E-state index contributed by atoms with van der Waals surface area (Å²) in [7, 11) is 0. The SMILES string of the molecule is Cc1ccccc1-n1cc(-c2cc(C3CCNCC3)c(C#N)c(N)n2)cn1. The number of nitrogens with one attached hydrogen (secondary N) is 1. The third kappa shape index (κ3) is 3.29. The van der Waals surface area contributed by atoms with Crippen LogP contribution in [0.15, 0.2) is 42.7 Å². The molecule has 3 aromatic rings. The lowest BCUT2D eigenvalue weighted by molar-refractivity contribution is 0.460. The van der Waals surface area contributed by atoms with Crippen molar-refractivity contribution in [1.29, 1.82) is 5.26 Å². The monoisotopic (exact) mass is 358 g/mol. The summed E-state index contributed by atoms with van der Waals surface area (Å²) < 4.78 is 1.85. The Hall–Kier alpha value is -3.17. The first kappa shape index (κ1) is 17.3. The van der Waals surface area contributed by atoms with Crippen molar-refractivity contribution in [1.82, 2.24) is 20.1 Å². The maximum absolute atomic E-state index is 9.57. The van der Waals surface area contributed by atoms with Gasteiger partial charge in [0.25, 0.3) is 0 Å². The molecule has 0 spiro atoms. The van der Waals surface area contributed by atoms with Gasteiger partial charge in [0, 0.05) is 11.8 Å². The van der Waals surface area contributed by atoms with Crippen molar-refractivity contribution in [2.75, 3.05) is 18.8 Å². The van der Waals surface area contributed by atoms with Crippen LogP contribution in [0.4, 0.5) is 5.82 Å². The summed E-state index contributed by atoms with van der Waals surface area (Å²) in [6.07, 6.45) is 5.76. The molecule has 0 amide bonds. The molecule has 0 atom stereocenters. The maximum atomic E-state index is 9.57. The van der Waals surface area contributed by atoms with Crippen LogP contribution in [-0.2, 0) is 0 Å². The number of nitrogens with two attached hydrogens (primary N) is 1. The molecule has 136 valence electrons. The standard InChI is InChI=1S/C21H22N6/c1-14-4-2-3-5-20(14)27-13-16(12-25-27)19-10-17(15-6-8-24-9-7-15)18(11-22)21(23)26-19/h2-5,10,12-13,15,24H,6-9H2,1H3,(H2,23,26). The van der Waals surface area contributed by atoms with Crippen molar-refractivity contribution in [2.24, 2.45) is 0 Å². The summed E-state index contributed by atoms with van der Waals surface area (Å²) >= 11 is 0. The number of hydrogen-bond donors (Lipinski definition) is 2. The lowest BCUT2D eigenvalue weighted by Crippen LogP contribution is -2.27. The molecule has 0 radical (unpaired) electrons. The van der Waals surface area contributed by atoms with Crippen molar-refractivity contribution in [3.05, 3.63) is 59.4 Å². The van der Waals surface area contributed by atoms with Crippen LogP contribution in [0.5, 0.6) is 0 Å². The summed E-state index contributed by atoms with van der Waals surface area (Å²) in [5, 5.41) is 17.4. The van der Waals surface area contributed by atoms with Gasteiger partial charge in [-0.3, -0.25) is 0 Å². The minimum atomic E-state index is 0.298. The van der Waals surface area contributed by atoms with E-state index in [1.54, 1.807) is 6.20 Å². The van der Waals surface area contributed by atoms with Gasteiger partial charge < -0.3 is 11.1 Å². The minimum absolute atomic E-state index is 0.298. The van der Waals surface area contributed by atoms with Gasteiger partial charge in [-0.2, -0.15) is 10.4 Å². The van der Waals surface area contributed by atoms with E-state index < -0.39 is 0 Å². The highest BCUT2D eigenvalue weighted by Crippen LogP contribution is 2.33. The van der Waals surface area contributed by atoms with Gasteiger partial charge in [-0.25, -0.2) is 9.67 Å². The van der Waals surface area contributed by atoms with E-state index >= 15 is 0 Å². The molecule has 3 N–H and O–H groups in total. The van der Waals surface area contributed by atoms with E-state index in [-0.39, 0.29) is 0 Å². The largest absolute Gasteiger partial charge is 0.383 e. The Labute approximate surface area is 158 Å². The Balaban J connectivity index is 1.75. The minimum Gasteiger partial charge on any atom is -0.383 e. The molecule has 4 rings (SSSR count). The van der Waals surface area contributed by atoms with Gasteiger partial charge in [-0.1, -0.05) is 18.2 Å². The van der Waals surface area contributed by atoms with E-state index in [1.165, 1.54) is 0 Å². The highest BCUT2D eigenvalue weighted by atomic mass is 15.3. The number of nitriles is 1. The molecule has 1 saturated heterocycles. The third-order valence-electron chi connectivity index (χ3n) is 5.21.